The Morgan fingerprint density at radius 3 is 2.10 bits per heavy atom. The number of aliphatic hydroxyl groups excluding tert-OH is 2. The largest absolute Gasteiger partial charge is 0.395 e. The van der Waals surface area contributed by atoms with Gasteiger partial charge in [0.25, 0.3) is 0 Å². The van der Waals surface area contributed by atoms with Crippen molar-refractivity contribution in [2.75, 3.05) is 13.2 Å². The minimum Gasteiger partial charge on any atom is -0.395 e. The molecule has 0 unspecified atom stereocenters. The first-order valence-electron chi connectivity index (χ1n) is 6.42. The molecule has 0 atom stereocenters. The first-order valence-corrected chi connectivity index (χ1v) is 8.01. The van der Waals surface area contributed by atoms with Gasteiger partial charge in [-0.05, 0) is 41.8 Å². The van der Waals surface area contributed by atoms with E-state index in [-0.39, 0.29) is 19.0 Å². The van der Waals surface area contributed by atoms with E-state index in [1.165, 1.54) is 12.1 Å². The average molecular weight is 418 g/mol. The summed E-state index contributed by atoms with van der Waals surface area (Å²) < 4.78 is 14.7. The molecule has 0 bridgehead atoms. The van der Waals surface area contributed by atoms with Gasteiger partial charge in [-0.3, -0.25) is 0 Å². The van der Waals surface area contributed by atoms with Gasteiger partial charge in [0.15, 0.2) is 0 Å². The summed E-state index contributed by atoms with van der Waals surface area (Å²) in [7, 11) is 0. The summed E-state index contributed by atoms with van der Waals surface area (Å²) in [5.41, 5.74) is 0.871. The SMILES string of the molecule is OCC(CO)(Cc1ccc(F)cc1Br)c1ccc(Br)cc1. The van der Waals surface area contributed by atoms with Crippen LogP contribution in [0.2, 0.25) is 0 Å². The van der Waals surface area contributed by atoms with E-state index in [0.29, 0.717) is 10.9 Å². The van der Waals surface area contributed by atoms with Crippen LogP contribution in [-0.2, 0) is 11.8 Å². The third-order valence-electron chi connectivity index (χ3n) is 3.61. The maximum Gasteiger partial charge on any atom is 0.124 e. The molecule has 0 saturated heterocycles. The summed E-state index contributed by atoms with van der Waals surface area (Å²) in [6.07, 6.45) is 0.405. The average Bonchev–Trinajstić information content (AvgIpc) is 2.48. The first kappa shape index (κ1) is 16.6. The number of hydrogen-bond acceptors (Lipinski definition) is 2. The van der Waals surface area contributed by atoms with Gasteiger partial charge in [0, 0.05) is 14.4 Å². The van der Waals surface area contributed by atoms with Crippen molar-refractivity contribution < 1.29 is 14.6 Å². The number of halogens is 3. The molecule has 0 aromatic heterocycles. The van der Waals surface area contributed by atoms with Gasteiger partial charge in [0.05, 0.1) is 13.2 Å². The summed E-state index contributed by atoms with van der Waals surface area (Å²) in [5, 5.41) is 19.7. The van der Waals surface area contributed by atoms with Crippen LogP contribution >= 0.6 is 31.9 Å². The van der Waals surface area contributed by atoms with Gasteiger partial charge in [-0.25, -0.2) is 4.39 Å². The van der Waals surface area contributed by atoms with E-state index in [1.807, 2.05) is 24.3 Å². The van der Waals surface area contributed by atoms with Gasteiger partial charge in [0.1, 0.15) is 5.82 Å². The maximum atomic E-state index is 13.2. The van der Waals surface area contributed by atoms with Gasteiger partial charge in [-0.15, -0.1) is 0 Å². The van der Waals surface area contributed by atoms with Crippen LogP contribution in [0.3, 0.4) is 0 Å². The fourth-order valence-corrected chi connectivity index (χ4v) is 3.03. The molecule has 112 valence electrons. The minimum absolute atomic E-state index is 0.199. The molecule has 0 radical (unpaired) electrons. The Labute approximate surface area is 139 Å². The van der Waals surface area contributed by atoms with Crippen LogP contribution in [0.25, 0.3) is 0 Å². The highest BCUT2D eigenvalue weighted by molar-refractivity contribution is 9.10. The van der Waals surface area contributed by atoms with Crippen LogP contribution in [0.4, 0.5) is 4.39 Å². The maximum absolute atomic E-state index is 13.2. The highest BCUT2D eigenvalue weighted by atomic mass is 79.9. The van der Waals surface area contributed by atoms with Gasteiger partial charge in [0.2, 0.25) is 0 Å². The molecule has 2 rings (SSSR count). The monoisotopic (exact) mass is 416 g/mol. The zero-order valence-corrected chi connectivity index (χ0v) is 14.4. The Morgan fingerprint density at radius 1 is 0.952 bits per heavy atom. The standard InChI is InChI=1S/C16H15Br2FO2/c17-13-4-2-12(3-5-13)16(9-20,10-21)8-11-1-6-14(19)7-15(11)18/h1-7,20-21H,8-10H2. The summed E-state index contributed by atoms with van der Waals surface area (Å²) in [6, 6.07) is 11.9. The van der Waals surface area contributed by atoms with E-state index in [4.69, 9.17) is 0 Å². The Balaban J connectivity index is 2.40. The molecule has 2 N–H and O–H groups in total. The quantitative estimate of drug-likeness (QED) is 0.776. The molecule has 5 heteroatoms. The van der Waals surface area contributed by atoms with E-state index in [2.05, 4.69) is 31.9 Å². The lowest BCUT2D eigenvalue weighted by molar-refractivity contribution is 0.116. The van der Waals surface area contributed by atoms with Crippen LogP contribution in [0.1, 0.15) is 11.1 Å². The summed E-state index contributed by atoms with van der Waals surface area (Å²) >= 11 is 6.70. The number of hydrogen-bond donors (Lipinski definition) is 2. The molecule has 0 aliphatic carbocycles. The topological polar surface area (TPSA) is 40.5 Å². The van der Waals surface area contributed by atoms with Gasteiger partial charge in [-0.2, -0.15) is 0 Å². The van der Waals surface area contributed by atoms with Gasteiger partial charge in [-0.1, -0.05) is 50.1 Å². The van der Waals surface area contributed by atoms with Crippen molar-refractivity contribution >= 4 is 31.9 Å². The molecule has 0 spiro atoms. The van der Waals surface area contributed by atoms with Crippen molar-refractivity contribution in [1.29, 1.82) is 0 Å². The molecule has 21 heavy (non-hydrogen) atoms. The second-order valence-electron chi connectivity index (χ2n) is 5.02. The van der Waals surface area contributed by atoms with E-state index < -0.39 is 5.41 Å². The Kier molecular flexibility index (Phi) is 5.54. The second-order valence-corrected chi connectivity index (χ2v) is 6.79. The lowest BCUT2D eigenvalue weighted by atomic mass is 9.77. The third kappa shape index (κ3) is 3.72. The van der Waals surface area contributed by atoms with Gasteiger partial charge >= 0.3 is 0 Å². The highest BCUT2D eigenvalue weighted by Gasteiger charge is 2.32. The van der Waals surface area contributed by atoms with E-state index >= 15 is 0 Å². The van der Waals surface area contributed by atoms with Crippen molar-refractivity contribution in [3.63, 3.8) is 0 Å². The normalized spacial score (nSPS) is 11.7. The number of benzene rings is 2. The van der Waals surface area contributed by atoms with Crippen molar-refractivity contribution in [1.82, 2.24) is 0 Å². The zero-order chi connectivity index (χ0) is 15.5. The van der Waals surface area contributed by atoms with Crippen LogP contribution in [0, 0.1) is 5.82 Å². The van der Waals surface area contributed by atoms with Crippen molar-refractivity contribution in [2.45, 2.75) is 11.8 Å². The number of aliphatic hydroxyl groups is 2. The lowest BCUT2D eigenvalue weighted by Gasteiger charge is -2.31. The molecular formula is C16H15Br2FO2. The molecule has 0 aliphatic heterocycles. The van der Waals surface area contributed by atoms with E-state index in [1.54, 1.807) is 6.07 Å². The Morgan fingerprint density at radius 2 is 1.57 bits per heavy atom. The smallest absolute Gasteiger partial charge is 0.124 e. The van der Waals surface area contributed by atoms with Crippen molar-refractivity contribution in [3.05, 3.63) is 68.4 Å². The Hall–Kier alpha value is -0.750. The predicted molar refractivity (Wildman–Crippen MR) is 87.8 cm³/mol. The Bertz CT molecular complexity index is 610. The van der Waals surface area contributed by atoms with Crippen LogP contribution in [0.5, 0.6) is 0 Å². The zero-order valence-electron chi connectivity index (χ0n) is 11.2. The van der Waals surface area contributed by atoms with E-state index in [0.717, 1.165) is 15.6 Å². The van der Waals surface area contributed by atoms with Crippen LogP contribution in [0.15, 0.2) is 51.4 Å². The first-order chi connectivity index (χ1) is 10.0. The van der Waals surface area contributed by atoms with Crippen molar-refractivity contribution in [3.8, 4) is 0 Å². The second kappa shape index (κ2) is 7.01. The minimum atomic E-state index is -0.805. The van der Waals surface area contributed by atoms with Crippen molar-refractivity contribution in [2.24, 2.45) is 0 Å². The molecule has 0 saturated carbocycles. The molecule has 2 aromatic rings. The van der Waals surface area contributed by atoms with Crippen LogP contribution in [-0.4, -0.2) is 23.4 Å². The fraction of sp³-hybridized carbons (Fsp3) is 0.250. The molecule has 0 fully saturated rings. The lowest BCUT2D eigenvalue weighted by Crippen LogP contribution is -2.37. The summed E-state index contributed by atoms with van der Waals surface area (Å²) in [5.74, 6) is -0.326. The molecular weight excluding hydrogens is 403 g/mol. The van der Waals surface area contributed by atoms with Crippen LogP contribution < -0.4 is 0 Å². The fourth-order valence-electron chi connectivity index (χ4n) is 2.28. The highest BCUT2D eigenvalue weighted by Crippen LogP contribution is 2.32. The molecule has 0 heterocycles. The molecule has 0 aliphatic rings. The van der Waals surface area contributed by atoms with E-state index in [9.17, 15) is 14.6 Å². The molecule has 0 amide bonds. The third-order valence-corrected chi connectivity index (χ3v) is 4.87. The summed E-state index contributed by atoms with van der Waals surface area (Å²) in [4.78, 5) is 0. The van der Waals surface area contributed by atoms with Gasteiger partial charge < -0.3 is 10.2 Å². The summed E-state index contributed by atoms with van der Waals surface area (Å²) in [6.45, 7) is -0.399. The molecule has 2 aromatic carbocycles. The molecule has 2 nitrogen and oxygen atoms in total. The predicted octanol–water partition coefficient (Wildman–Crippen LogP) is 3.82. The number of rotatable bonds is 5.